The van der Waals surface area contributed by atoms with Gasteiger partial charge in [-0.05, 0) is 37.8 Å². The van der Waals surface area contributed by atoms with Gasteiger partial charge in [-0.1, -0.05) is 0 Å². The van der Waals surface area contributed by atoms with Crippen molar-refractivity contribution in [3.63, 3.8) is 0 Å². The molecule has 0 N–H and O–H groups in total. The molecule has 0 radical (unpaired) electrons. The monoisotopic (exact) mass is 298 g/mol. The third-order valence-corrected chi connectivity index (χ3v) is 3.36. The van der Waals surface area contributed by atoms with Crippen LogP contribution in [0.2, 0.25) is 0 Å². The summed E-state index contributed by atoms with van der Waals surface area (Å²) in [4.78, 5) is 3.33. The van der Waals surface area contributed by atoms with Gasteiger partial charge in [-0.15, -0.1) is 0 Å². The fourth-order valence-electron chi connectivity index (χ4n) is 2.16. The zero-order chi connectivity index (χ0) is 14.3. The summed E-state index contributed by atoms with van der Waals surface area (Å²) in [6.07, 6.45) is -0.194. The first kappa shape index (κ1) is 13.2. The largest absolute Gasteiger partial charge is 0.433 e. The number of hydrogen-bond donors (Lipinski definition) is 1. The quantitative estimate of drug-likeness (QED) is 0.823. The van der Waals surface area contributed by atoms with Gasteiger partial charge in [-0.25, -0.2) is 9.08 Å². The van der Waals surface area contributed by atoms with E-state index in [0.717, 1.165) is 42.1 Å². The molecule has 0 saturated carbocycles. The van der Waals surface area contributed by atoms with Gasteiger partial charge in [0.2, 0.25) is 0 Å². The summed E-state index contributed by atoms with van der Waals surface area (Å²) in [5, 5.41) is 4.29. The summed E-state index contributed by atoms with van der Waals surface area (Å²) in [6.45, 7) is 0. The van der Waals surface area contributed by atoms with Crippen molar-refractivity contribution in [1.82, 2.24) is 14.8 Å². The summed E-state index contributed by atoms with van der Waals surface area (Å²) in [5.74, 6) is 0. The van der Waals surface area contributed by atoms with E-state index in [9.17, 15) is 13.2 Å². The number of thiol groups is 1. The second-order valence-corrected chi connectivity index (χ2v) is 4.58. The normalized spacial score (nSPS) is 16.7. The lowest BCUT2D eigenvalue weighted by molar-refractivity contribution is -0.141. The van der Waals surface area contributed by atoms with Crippen molar-refractivity contribution in [3.05, 3.63) is 41.5 Å². The van der Waals surface area contributed by atoms with E-state index < -0.39 is 11.9 Å². The molecule has 0 aliphatic heterocycles. The lowest BCUT2D eigenvalue weighted by Crippen LogP contribution is -2.09. The lowest BCUT2D eigenvalue weighted by Gasteiger charge is -2.07. The molecular weight excluding hydrogens is 289 g/mol. The van der Waals surface area contributed by atoms with Gasteiger partial charge in [0.25, 0.3) is 0 Å². The number of fused-ring (bicyclic) bond motifs is 1. The molecule has 104 valence electrons. The highest BCUT2D eigenvalue weighted by atomic mass is 32.1. The van der Waals surface area contributed by atoms with Crippen LogP contribution in [0.25, 0.3) is 5.69 Å². The molecule has 0 amide bonds. The number of rotatable bonds is 1. The highest BCUT2D eigenvalue weighted by Gasteiger charge is 2.32. The summed E-state index contributed by atoms with van der Waals surface area (Å²) in [7, 11) is 0. The van der Waals surface area contributed by atoms with Crippen LogP contribution in [0.1, 0.15) is 23.4 Å². The van der Waals surface area contributed by atoms with Crippen LogP contribution in [0.5, 0.6) is 0 Å². The van der Waals surface area contributed by atoms with E-state index in [1.165, 1.54) is 10.7 Å². The first-order chi connectivity index (χ1) is 9.49. The summed E-state index contributed by atoms with van der Waals surface area (Å²) >= 11 is 3.88. The molecule has 0 fully saturated rings. The first-order valence-electron chi connectivity index (χ1n) is 5.82. The van der Waals surface area contributed by atoms with Crippen LogP contribution in [0.15, 0.2) is 28.9 Å². The van der Waals surface area contributed by atoms with Gasteiger partial charge in [0, 0.05) is 18.0 Å². The molecule has 0 aromatic carbocycles. The minimum absolute atomic E-state index is 0.320. The van der Waals surface area contributed by atoms with Gasteiger partial charge in [0.05, 0.1) is 17.1 Å². The van der Waals surface area contributed by atoms with Crippen molar-refractivity contribution < 1.29 is 13.2 Å². The Morgan fingerprint density at radius 1 is 1.30 bits per heavy atom. The Kier molecular flexibility index (Phi) is 3.04. The van der Waals surface area contributed by atoms with Crippen molar-refractivity contribution in [1.29, 1.82) is 0 Å². The molecule has 3 rings (SSSR count). The van der Waals surface area contributed by atoms with Crippen LogP contribution >= 0.6 is 12.8 Å². The Hall–Kier alpha value is -1.83. The molecule has 2 aromatic rings. The Balaban J connectivity index is 2.03. The molecular formula is C12H9F3N4S. The number of aromatic nitrogens is 3. The molecule has 8 heteroatoms. The summed E-state index contributed by atoms with van der Waals surface area (Å²) < 4.78 is 43.2. The smallest absolute Gasteiger partial charge is 0.252 e. The molecule has 1 aliphatic rings. The van der Waals surface area contributed by atoms with Crippen molar-refractivity contribution in [3.8, 4) is 5.69 Å². The predicted molar refractivity (Wildman–Crippen MR) is 70.2 cm³/mol. The molecule has 4 nitrogen and oxygen atoms in total. The van der Waals surface area contributed by atoms with Crippen LogP contribution < -0.4 is 0 Å². The lowest BCUT2D eigenvalue weighted by atomic mass is 10.2. The molecule has 2 aromatic heterocycles. The number of halogens is 3. The SMILES string of the molecule is FC(F)(F)c1cc(-n2cc3c(n2)CC/C3=N\S)ccn1. The second kappa shape index (κ2) is 4.62. The fraction of sp³-hybridized carbons (Fsp3) is 0.250. The van der Waals surface area contributed by atoms with E-state index in [1.54, 1.807) is 6.20 Å². The Morgan fingerprint density at radius 3 is 2.80 bits per heavy atom. The third kappa shape index (κ3) is 2.20. The molecule has 2 heterocycles. The topological polar surface area (TPSA) is 43.1 Å². The maximum absolute atomic E-state index is 12.6. The van der Waals surface area contributed by atoms with E-state index in [-0.39, 0.29) is 0 Å². The van der Waals surface area contributed by atoms with Crippen LogP contribution in [0.4, 0.5) is 13.2 Å². The zero-order valence-electron chi connectivity index (χ0n) is 10.1. The van der Waals surface area contributed by atoms with Gasteiger partial charge in [0.15, 0.2) is 0 Å². The number of pyridine rings is 1. The van der Waals surface area contributed by atoms with Gasteiger partial charge in [-0.3, -0.25) is 4.98 Å². The molecule has 1 aliphatic carbocycles. The van der Waals surface area contributed by atoms with Crippen LogP contribution in [-0.4, -0.2) is 20.5 Å². The van der Waals surface area contributed by atoms with E-state index >= 15 is 0 Å². The highest BCUT2D eigenvalue weighted by Crippen LogP contribution is 2.29. The van der Waals surface area contributed by atoms with Gasteiger partial charge < -0.3 is 0 Å². The highest BCUT2D eigenvalue weighted by molar-refractivity contribution is 7.79. The van der Waals surface area contributed by atoms with Crippen molar-refractivity contribution in [2.75, 3.05) is 0 Å². The number of alkyl halides is 3. The van der Waals surface area contributed by atoms with Crippen molar-refractivity contribution >= 4 is 18.5 Å². The van der Waals surface area contributed by atoms with E-state index in [0.29, 0.717) is 5.69 Å². The predicted octanol–water partition coefficient (Wildman–Crippen LogP) is 2.87. The average Bonchev–Trinajstić information content (AvgIpc) is 2.97. The average molecular weight is 298 g/mol. The van der Waals surface area contributed by atoms with E-state index in [2.05, 4.69) is 27.3 Å². The molecule has 0 saturated heterocycles. The van der Waals surface area contributed by atoms with Gasteiger partial charge in [-0.2, -0.15) is 18.3 Å². The summed E-state index contributed by atoms with van der Waals surface area (Å²) in [5.41, 5.74) is 1.85. The number of aryl methyl sites for hydroxylation is 1. The van der Waals surface area contributed by atoms with Crippen LogP contribution in [0, 0.1) is 0 Å². The minimum atomic E-state index is -4.47. The Morgan fingerprint density at radius 2 is 2.10 bits per heavy atom. The van der Waals surface area contributed by atoms with Crippen LogP contribution in [0.3, 0.4) is 0 Å². The molecule has 0 bridgehead atoms. The Bertz CT molecular complexity index is 690. The summed E-state index contributed by atoms with van der Waals surface area (Å²) in [6, 6.07) is 2.45. The molecule has 0 spiro atoms. The maximum atomic E-state index is 12.6. The third-order valence-electron chi connectivity index (χ3n) is 3.12. The zero-order valence-corrected chi connectivity index (χ0v) is 11.0. The van der Waals surface area contributed by atoms with Crippen LogP contribution in [-0.2, 0) is 12.6 Å². The standard InChI is InChI=1S/C12H9F3N4S/c13-12(14,15)11-5-7(3-4-16-11)19-6-8-9(17-19)1-2-10(8)18-20/h3-6,20H,1-2H2/b18-10+. The number of nitrogens with zero attached hydrogens (tertiary/aromatic N) is 4. The molecule has 20 heavy (non-hydrogen) atoms. The van der Waals surface area contributed by atoms with E-state index in [4.69, 9.17) is 0 Å². The molecule has 0 unspecified atom stereocenters. The number of hydrogen-bond acceptors (Lipinski definition) is 4. The van der Waals surface area contributed by atoms with E-state index in [1.807, 2.05) is 0 Å². The molecule has 0 atom stereocenters. The Labute approximate surface area is 117 Å². The minimum Gasteiger partial charge on any atom is -0.252 e. The first-order valence-corrected chi connectivity index (χ1v) is 6.22. The van der Waals surface area contributed by atoms with Crippen molar-refractivity contribution in [2.24, 2.45) is 4.40 Å². The van der Waals surface area contributed by atoms with Crippen molar-refractivity contribution in [2.45, 2.75) is 19.0 Å². The maximum Gasteiger partial charge on any atom is 0.433 e. The fourth-order valence-corrected chi connectivity index (χ4v) is 2.37. The van der Waals surface area contributed by atoms with Gasteiger partial charge in [0.1, 0.15) is 5.69 Å². The second-order valence-electron chi connectivity index (χ2n) is 4.38. The van der Waals surface area contributed by atoms with Gasteiger partial charge >= 0.3 is 6.18 Å².